The topological polar surface area (TPSA) is 21.8 Å². The Morgan fingerprint density at radius 2 is 2.24 bits per heavy atom. The van der Waals surface area contributed by atoms with Gasteiger partial charge in [-0.05, 0) is 13.3 Å². The Hall–Kier alpha value is -0.780. The lowest BCUT2D eigenvalue weighted by Gasteiger charge is -1.97. The van der Waals surface area contributed by atoms with E-state index < -0.39 is 0 Å². The van der Waals surface area contributed by atoms with Gasteiger partial charge < -0.3 is 9.47 Å². The van der Waals surface area contributed by atoms with Gasteiger partial charge in [-0.3, -0.25) is 0 Å². The summed E-state index contributed by atoms with van der Waals surface area (Å²) in [7, 11) is 0. The van der Waals surface area contributed by atoms with Gasteiger partial charge in [0.2, 0.25) is 0 Å². The molecule has 17 heavy (non-hydrogen) atoms. The Kier molecular flexibility index (Phi) is 6.32. The number of ether oxygens (including phenoxy) is 2. The van der Waals surface area contributed by atoms with Gasteiger partial charge in [-0.1, -0.05) is 38.2 Å². The summed E-state index contributed by atoms with van der Waals surface area (Å²) in [6.07, 6.45) is 7.96. The molecule has 0 aromatic carbocycles. The molecule has 1 rings (SSSR count). The minimum atomic E-state index is -0.258. The Labute approximate surface area is 105 Å². The molecule has 0 saturated carbocycles. The summed E-state index contributed by atoms with van der Waals surface area (Å²) in [6, 6.07) is 0. The summed E-state index contributed by atoms with van der Waals surface area (Å²) >= 11 is 0. The van der Waals surface area contributed by atoms with Crippen molar-refractivity contribution in [1.82, 2.24) is 0 Å². The maximum atomic E-state index is 5.55. The first-order valence-electron chi connectivity index (χ1n) is 6.59. The van der Waals surface area contributed by atoms with Gasteiger partial charge in [0.15, 0.2) is 5.60 Å². The highest BCUT2D eigenvalue weighted by Crippen LogP contribution is 2.35. The third-order valence-electron chi connectivity index (χ3n) is 2.94. The molecule has 0 aliphatic carbocycles. The molecule has 1 heterocycles. The molecule has 1 aliphatic heterocycles. The highest BCUT2D eigenvalue weighted by Gasteiger charge is 2.51. The molecule has 1 saturated heterocycles. The Morgan fingerprint density at radius 3 is 2.94 bits per heavy atom. The zero-order valence-electron chi connectivity index (χ0n) is 11.1. The van der Waals surface area contributed by atoms with Crippen molar-refractivity contribution in [3.63, 3.8) is 0 Å². The zero-order valence-corrected chi connectivity index (χ0v) is 11.1. The summed E-state index contributed by atoms with van der Waals surface area (Å²) in [4.78, 5) is 0. The second-order valence-corrected chi connectivity index (χ2v) is 4.65. The molecule has 1 aliphatic rings. The van der Waals surface area contributed by atoms with Crippen LogP contribution in [0.3, 0.4) is 0 Å². The van der Waals surface area contributed by atoms with Gasteiger partial charge in [0.1, 0.15) is 6.10 Å². The smallest absolute Gasteiger partial charge is 0.154 e. The predicted molar refractivity (Wildman–Crippen MR) is 70.8 cm³/mol. The normalized spacial score (nSPS) is 26.1. The SMILES string of the molecule is C=CCOC[C@@H]1O[C@]1(C)C#CCCCCCC. The minimum Gasteiger partial charge on any atom is -0.375 e. The van der Waals surface area contributed by atoms with Crippen LogP contribution in [0.5, 0.6) is 0 Å². The highest BCUT2D eigenvalue weighted by molar-refractivity contribution is 5.23. The summed E-state index contributed by atoms with van der Waals surface area (Å²) in [5, 5.41) is 0. The van der Waals surface area contributed by atoms with Crippen molar-refractivity contribution in [2.24, 2.45) is 0 Å². The second-order valence-electron chi connectivity index (χ2n) is 4.65. The Morgan fingerprint density at radius 1 is 1.41 bits per heavy atom. The largest absolute Gasteiger partial charge is 0.375 e. The first-order chi connectivity index (χ1) is 8.23. The summed E-state index contributed by atoms with van der Waals surface area (Å²) in [6.45, 7) is 9.06. The third kappa shape index (κ3) is 5.39. The van der Waals surface area contributed by atoms with E-state index in [1.165, 1.54) is 25.7 Å². The fraction of sp³-hybridized carbons (Fsp3) is 0.733. The molecule has 2 nitrogen and oxygen atoms in total. The highest BCUT2D eigenvalue weighted by atomic mass is 16.6. The van der Waals surface area contributed by atoms with Crippen LogP contribution in [0, 0.1) is 11.8 Å². The number of rotatable bonds is 8. The van der Waals surface area contributed by atoms with Gasteiger partial charge in [-0.25, -0.2) is 0 Å². The Balaban J connectivity index is 2.10. The molecule has 0 N–H and O–H groups in total. The molecule has 1 fully saturated rings. The average Bonchev–Trinajstić information content (AvgIpc) is 2.95. The average molecular weight is 236 g/mol. The fourth-order valence-electron chi connectivity index (χ4n) is 1.70. The van der Waals surface area contributed by atoms with E-state index in [2.05, 4.69) is 25.3 Å². The molecule has 0 unspecified atom stereocenters. The van der Waals surface area contributed by atoms with Gasteiger partial charge in [-0.2, -0.15) is 0 Å². The van der Waals surface area contributed by atoms with E-state index in [9.17, 15) is 0 Å². The lowest BCUT2D eigenvalue weighted by Crippen LogP contribution is -2.12. The molecule has 0 bridgehead atoms. The summed E-state index contributed by atoms with van der Waals surface area (Å²) in [5.74, 6) is 6.43. The summed E-state index contributed by atoms with van der Waals surface area (Å²) < 4.78 is 10.9. The molecule has 0 amide bonds. The van der Waals surface area contributed by atoms with E-state index in [4.69, 9.17) is 9.47 Å². The van der Waals surface area contributed by atoms with Crippen LogP contribution in [0.25, 0.3) is 0 Å². The van der Waals surface area contributed by atoms with Crippen molar-refractivity contribution in [3.05, 3.63) is 12.7 Å². The standard InChI is InChI=1S/C15H24O2/c1-4-6-7-8-9-10-11-15(3)14(17-15)13-16-12-5-2/h5,14H,2,4,6-9,12-13H2,1,3H3/t14-,15+/m0/s1. The molecule has 0 radical (unpaired) electrons. The number of epoxide rings is 1. The molecule has 0 spiro atoms. The van der Waals surface area contributed by atoms with E-state index >= 15 is 0 Å². The molecular weight excluding hydrogens is 212 g/mol. The van der Waals surface area contributed by atoms with E-state index in [-0.39, 0.29) is 11.7 Å². The van der Waals surface area contributed by atoms with Crippen LogP contribution in [0.4, 0.5) is 0 Å². The van der Waals surface area contributed by atoms with Crippen LogP contribution in [0.15, 0.2) is 12.7 Å². The van der Waals surface area contributed by atoms with Crippen molar-refractivity contribution >= 4 is 0 Å². The van der Waals surface area contributed by atoms with E-state index in [1.54, 1.807) is 6.08 Å². The van der Waals surface area contributed by atoms with Crippen molar-refractivity contribution in [3.8, 4) is 11.8 Å². The van der Waals surface area contributed by atoms with Gasteiger partial charge in [0.25, 0.3) is 0 Å². The lowest BCUT2D eigenvalue weighted by molar-refractivity contribution is 0.141. The maximum absolute atomic E-state index is 5.55. The van der Waals surface area contributed by atoms with Crippen LogP contribution < -0.4 is 0 Å². The maximum Gasteiger partial charge on any atom is 0.154 e. The lowest BCUT2D eigenvalue weighted by atomic mass is 10.1. The van der Waals surface area contributed by atoms with Crippen LogP contribution >= 0.6 is 0 Å². The quantitative estimate of drug-likeness (QED) is 0.279. The van der Waals surface area contributed by atoms with Crippen molar-refractivity contribution in [2.45, 2.75) is 57.7 Å². The Bertz CT molecular complexity index is 287. The van der Waals surface area contributed by atoms with Crippen LogP contribution in [-0.4, -0.2) is 24.9 Å². The predicted octanol–water partition coefficient (Wildman–Crippen LogP) is 3.32. The van der Waals surface area contributed by atoms with Gasteiger partial charge in [0, 0.05) is 6.42 Å². The van der Waals surface area contributed by atoms with Crippen LogP contribution in [-0.2, 0) is 9.47 Å². The van der Waals surface area contributed by atoms with Gasteiger partial charge in [0.05, 0.1) is 13.2 Å². The fourth-order valence-corrected chi connectivity index (χ4v) is 1.70. The second kappa shape index (κ2) is 7.53. The number of hydrogen-bond donors (Lipinski definition) is 0. The van der Waals surface area contributed by atoms with Crippen molar-refractivity contribution in [1.29, 1.82) is 0 Å². The van der Waals surface area contributed by atoms with Crippen LogP contribution in [0.1, 0.15) is 46.0 Å². The molecule has 0 aromatic heterocycles. The molecule has 2 heteroatoms. The third-order valence-corrected chi connectivity index (χ3v) is 2.94. The number of hydrogen-bond acceptors (Lipinski definition) is 2. The van der Waals surface area contributed by atoms with E-state index in [1.807, 2.05) is 6.92 Å². The molecule has 96 valence electrons. The zero-order chi connectivity index (χ0) is 12.6. The van der Waals surface area contributed by atoms with Gasteiger partial charge in [-0.15, -0.1) is 12.5 Å². The molecular formula is C15H24O2. The van der Waals surface area contributed by atoms with E-state index in [0.717, 1.165) is 6.42 Å². The first kappa shape index (κ1) is 14.3. The minimum absolute atomic E-state index is 0.144. The number of unbranched alkanes of at least 4 members (excludes halogenated alkanes) is 4. The molecule has 2 atom stereocenters. The van der Waals surface area contributed by atoms with Crippen molar-refractivity contribution < 1.29 is 9.47 Å². The van der Waals surface area contributed by atoms with E-state index in [0.29, 0.717) is 13.2 Å². The van der Waals surface area contributed by atoms with Crippen molar-refractivity contribution in [2.75, 3.05) is 13.2 Å². The molecule has 0 aromatic rings. The first-order valence-corrected chi connectivity index (χ1v) is 6.59. The monoisotopic (exact) mass is 236 g/mol. The van der Waals surface area contributed by atoms with Crippen LogP contribution in [0.2, 0.25) is 0 Å². The summed E-state index contributed by atoms with van der Waals surface area (Å²) in [5.41, 5.74) is -0.258. The van der Waals surface area contributed by atoms with Gasteiger partial charge >= 0.3 is 0 Å².